The normalized spacial score (nSPS) is 21.2. The number of halogens is 1. The Labute approximate surface area is 319 Å². The zero-order valence-electron chi connectivity index (χ0n) is 31.5. The molecule has 0 atom stereocenters. The monoisotopic (exact) mass is 740 g/mol. The lowest BCUT2D eigenvalue weighted by Crippen LogP contribution is -2.49. The van der Waals surface area contributed by atoms with Crippen LogP contribution in [0.1, 0.15) is 57.7 Å². The van der Waals surface area contributed by atoms with Crippen molar-refractivity contribution >= 4 is 39.8 Å². The van der Waals surface area contributed by atoms with Crippen LogP contribution < -0.4 is 14.5 Å². The smallest absolute Gasteiger partial charge is 0.318 e. The number of anilines is 2. The van der Waals surface area contributed by atoms with Crippen LogP contribution in [-0.4, -0.2) is 120 Å². The minimum absolute atomic E-state index is 0.0761. The molecule has 282 valence electrons. The maximum atomic E-state index is 13.2. The van der Waals surface area contributed by atoms with E-state index in [1.807, 2.05) is 23.1 Å². The van der Waals surface area contributed by atoms with Crippen molar-refractivity contribution in [3.63, 3.8) is 0 Å². The summed E-state index contributed by atoms with van der Waals surface area (Å²) in [6.07, 6.45) is 9.39. The molecule has 11 nitrogen and oxygen atoms in total. The molecule has 5 aliphatic rings. The molecule has 8 rings (SSSR count). The van der Waals surface area contributed by atoms with Gasteiger partial charge in [-0.25, -0.2) is 0 Å². The number of rotatable bonds is 8. The Kier molecular flexibility index (Phi) is 11.4. The summed E-state index contributed by atoms with van der Waals surface area (Å²) in [6, 6.07) is 14.7. The van der Waals surface area contributed by atoms with Gasteiger partial charge in [0.1, 0.15) is 12.4 Å². The number of benzene rings is 2. The van der Waals surface area contributed by atoms with Crippen molar-refractivity contribution < 1.29 is 14.3 Å². The van der Waals surface area contributed by atoms with E-state index < -0.39 is 0 Å². The van der Waals surface area contributed by atoms with Crippen LogP contribution in [0.15, 0.2) is 48.6 Å². The van der Waals surface area contributed by atoms with Crippen molar-refractivity contribution in [3.05, 3.63) is 64.8 Å². The zero-order chi connectivity index (χ0) is 37.0. The molecule has 4 fully saturated rings. The van der Waals surface area contributed by atoms with Gasteiger partial charge in [-0.15, -0.1) is 0 Å². The highest BCUT2D eigenvalue weighted by molar-refractivity contribution is 6.36. The number of morpholine rings is 1. The van der Waals surface area contributed by atoms with Gasteiger partial charge < -0.3 is 24.2 Å². The summed E-state index contributed by atoms with van der Waals surface area (Å²) < 4.78 is 12.4. The summed E-state index contributed by atoms with van der Waals surface area (Å²) in [5.41, 5.74) is 3.30. The number of hydrogen-bond acceptors (Lipinski definition) is 10. The Hall–Kier alpha value is -3.95. The van der Waals surface area contributed by atoms with E-state index in [0.29, 0.717) is 32.3 Å². The van der Waals surface area contributed by atoms with Gasteiger partial charge in [0.05, 0.1) is 41.1 Å². The van der Waals surface area contributed by atoms with E-state index in [2.05, 4.69) is 57.7 Å². The first-order chi connectivity index (χ1) is 25.7. The highest BCUT2D eigenvalue weighted by atomic mass is 35.5. The minimum atomic E-state index is -0.146. The van der Waals surface area contributed by atoms with Crippen LogP contribution in [0.5, 0.6) is 6.01 Å². The minimum Gasteiger partial charge on any atom is -0.461 e. The number of nitriles is 1. The number of piperazine rings is 1. The highest BCUT2D eigenvalue weighted by Gasteiger charge is 2.45. The molecule has 0 radical (unpaired) electrons. The molecule has 3 aromatic rings. The third kappa shape index (κ3) is 8.26. The van der Waals surface area contributed by atoms with Crippen LogP contribution in [0, 0.1) is 11.3 Å². The summed E-state index contributed by atoms with van der Waals surface area (Å²) in [5, 5.41) is 10.3. The van der Waals surface area contributed by atoms with E-state index >= 15 is 0 Å². The number of aromatic nitrogens is 2. The third-order valence-corrected chi connectivity index (χ3v) is 11.8. The molecule has 6 heterocycles. The van der Waals surface area contributed by atoms with Gasteiger partial charge in [-0.05, 0) is 76.6 Å². The number of carbonyl (C=O) groups is 1. The van der Waals surface area contributed by atoms with E-state index in [4.69, 9.17) is 36.3 Å². The van der Waals surface area contributed by atoms with E-state index in [-0.39, 0.29) is 17.0 Å². The van der Waals surface area contributed by atoms with E-state index in [0.717, 1.165) is 98.4 Å². The third-order valence-electron chi connectivity index (χ3n) is 11.5. The number of amides is 1. The topological polar surface area (TPSA) is 101 Å². The Bertz CT molecular complexity index is 1840. The average molecular weight is 741 g/mol. The van der Waals surface area contributed by atoms with Gasteiger partial charge in [-0.2, -0.15) is 15.2 Å². The average Bonchev–Trinajstić information content (AvgIpc) is 3.74. The molecule has 12 heteroatoms. The second-order valence-electron chi connectivity index (χ2n) is 15.5. The van der Waals surface area contributed by atoms with Crippen molar-refractivity contribution in [2.75, 3.05) is 88.5 Å². The predicted molar refractivity (Wildman–Crippen MR) is 210 cm³/mol. The van der Waals surface area contributed by atoms with Crippen LogP contribution in [-0.2, 0) is 22.5 Å². The molecule has 53 heavy (non-hydrogen) atoms. The highest BCUT2D eigenvalue weighted by Crippen LogP contribution is 2.40. The van der Waals surface area contributed by atoms with Crippen molar-refractivity contribution in [1.82, 2.24) is 24.7 Å². The quantitative estimate of drug-likeness (QED) is 0.268. The fraction of sp³-hybridized carbons (Fsp3) is 0.561. The second kappa shape index (κ2) is 16.2. The summed E-state index contributed by atoms with van der Waals surface area (Å²) in [6.45, 7) is 16.1. The lowest BCUT2D eigenvalue weighted by Gasteiger charge is -2.38. The van der Waals surface area contributed by atoms with Crippen LogP contribution in [0.3, 0.4) is 0 Å². The first kappa shape index (κ1) is 37.4. The number of nitrogens with zero attached hydrogens (tertiary/aromatic N) is 8. The van der Waals surface area contributed by atoms with Gasteiger partial charge in [-0.1, -0.05) is 41.9 Å². The van der Waals surface area contributed by atoms with E-state index in [9.17, 15) is 4.79 Å². The summed E-state index contributed by atoms with van der Waals surface area (Å²) in [7, 11) is 0. The predicted octanol–water partition coefficient (Wildman–Crippen LogP) is 5.70. The van der Waals surface area contributed by atoms with Crippen molar-refractivity contribution in [2.24, 2.45) is 0 Å². The molecule has 1 aromatic heterocycles. The number of fused-ring (bicyclic) bond motifs is 3. The Balaban J connectivity index is 0.00000140. The van der Waals surface area contributed by atoms with Crippen molar-refractivity contribution in [2.45, 2.75) is 70.6 Å². The van der Waals surface area contributed by atoms with Crippen molar-refractivity contribution in [3.8, 4) is 12.1 Å². The van der Waals surface area contributed by atoms with Gasteiger partial charge in [-0.3, -0.25) is 14.6 Å². The molecule has 0 unspecified atom stereocenters. The molecule has 5 aliphatic heterocycles. The van der Waals surface area contributed by atoms with Gasteiger partial charge in [0.15, 0.2) is 0 Å². The Morgan fingerprint density at radius 3 is 2.47 bits per heavy atom. The van der Waals surface area contributed by atoms with Gasteiger partial charge in [0.2, 0.25) is 5.91 Å². The van der Waals surface area contributed by atoms with Crippen LogP contribution in [0.25, 0.3) is 10.8 Å². The largest absolute Gasteiger partial charge is 0.461 e. The molecule has 2 aromatic carbocycles. The standard InChI is InChI=1S/C39H50ClN7O3.C2H3N/c1-38(2)27-43(24-25-50-38)16-5-12-34(48)44-20-22-45(23-21-44)36-30-13-19-46(33-11-4-9-29-8-3-10-31(40)35(29)33)26-32(30)41-37(42-36)49-28-39-14-6-17-47(39)18-7-15-39;1-2-3/h3-5,8-12H,6-7,13-28H2,1-2H3;1H3/b12-5+;. The summed E-state index contributed by atoms with van der Waals surface area (Å²) in [5.74, 6) is 1.04. The summed E-state index contributed by atoms with van der Waals surface area (Å²) >= 11 is 6.77. The summed E-state index contributed by atoms with van der Waals surface area (Å²) in [4.78, 5) is 35.1. The number of carbonyl (C=O) groups excluding carboxylic acids is 1. The first-order valence-corrected chi connectivity index (χ1v) is 19.6. The molecule has 0 bridgehead atoms. The van der Waals surface area contributed by atoms with Crippen LogP contribution >= 0.6 is 11.6 Å². The van der Waals surface area contributed by atoms with Gasteiger partial charge >= 0.3 is 6.01 Å². The van der Waals surface area contributed by atoms with E-state index in [1.54, 1.807) is 12.1 Å². The molecule has 0 aliphatic carbocycles. The molecule has 0 saturated carbocycles. The molecule has 4 saturated heterocycles. The maximum Gasteiger partial charge on any atom is 0.318 e. The number of hydrogen-bond donors (Lipinski definition) is 0. The molecule has 0 spiro atoms. The van der Waals surface area contributed by atoms with Gasteiger partial charge in [0.25, 0.3) is 0 Å². The maximum absolute atomic E-state index is 13.2. The molecular weight excluding hydrogens is 688 g/mol. The van der Waals surface area contributed by atoms with Crippen molar-refractivity contribution in [1.29, 1.82) is 5.26 Å². The Morgan fingerprint density at radius 2 is 1.74 bits per heavy atom. The fourth-order valence-corrected chi connectivity index (χ4v) is 9.22. The molecule has 0 N–H and O–H groups in total. The lowest BCUT2D eigenvalue weighted by molar-refractivity contribution is -0.126. The zero-order valence-corrected chi connectivity index (χ0v) is 32.3. The number of ether oxygens (including phenoxy) is 2. The first-order valence-electron chi connectivity index (χ1n) is 19.3. The van der Waals surface area contributed by atoms with Gasteiger partial charge in [0, 0.05) is 82.0 Å². The molecular formula is C41H53ClN8O3. The fourth-order valence-electron chi connectivity index (χ4n) is 8.94. The Morgan fingerprint density at radius 1 is 1.00 bits per heavy atom. The molecule has 1 amide bonds. The SMILES string of the molecule is CC#N.CC1(C)CN(C/C=C/C(=O)N2CCN(c3nc(OCC45CCCN4CCC5)nc4c3CCN(c3cccc5cccc(Cl)c35)C4)CC2)CCO1. The second-order valence-corrected chi connectivity index (χ2v) is 15.9. The van der Waals surface area contributed by atoms with E-state index in [1.165, 1.54) is 38.2 Å². The lowest BCUT2D eigenvalue weighted by atomic mass is 9.95. The van der Waals surface area contributed by atoms with Crippen LogP contribution in [0.2, 0.25) is 5.02 Å². The van der Waals surface area contributed by atoms with Crippen LogP contribution in [0.4, 0.5) is 11.5 Å².